The van der Waals surface area contributed by atoms with Crippen LogP contribution in [0.5, 0.6) is 0 Å². The van der Waals surface area contributed by atoms with E-state index >= 15 is 0 Å². The smallest absolute Gasteiger partial charge is 0.205 e. The van der Waals surface area contributed by atoms with Crippen molar-refractivity contribution in [2.24, 2.45) is 0 Å². The Kier molecular flexibility index (Phi) is 2.26. The van der Waals surface area contributed by atoms with Gasteiger partial charge < -0.3 is 4.90 Å². The Labute approximate surface area is 76.6 Å². The molecule has 0 bridgehead atoms. The van der Waals surface area contributed by atoms with E-state index in [4.69, 9.17) is 0 Å². The summed E-state index contributed by atoms with van der Waals surface area (Å²) in [7, 11) is 0. The molecule has 1 saturated heterocycles. The zero-order valence-electron chi connectivity index (χ0n) is 7.16. The number of anilines is 1. The lowest BCUT2D eigenvalue weighted by molar-refractivity contribution is 0.676. The van der Waals surface area contributed by atoms with Gasteiger partial charge in [-0.05, 0) is 26.2 Å². The zero-order chi connectivity index (χ0) is 8.39. The average molecular weight is 182 g/mol. The van der Waals surface area contributed by atoms with Crippen LogP contribution in [0, 0.1) is 13.3 Å². The first kappa shape index (κ1) is 7.98. The van der Waals surface area contributed by atoms with E-state index in [2.05, 4.69) is 20.7 Å². The van der Waals surface area contributed by atoms with Crippen LogP contribution >= 0.6 is 11.5 Å². The molecule has 4 heteroatoms. The third kappa shape index (κ3) is 1.58. The number of aromatic nitrogens is 2. The molecule has 1 aromatic heterocycles. The molecular formula is C8H12N3S. The fourth-order valence-electron chi connectivity index (χ4n) is 1.36. The Bertz CT molecular complexity index is 253. The van der Waals surface area contributed by atoms with Gasteiger partial charge in [-0.25, -0.2) is 4.98 Å². The van der Waals surface area contributed by atoms with Crippen molar-refractivity contribution in [3.8, 4) is 0 Å². The molecule has 1 radical (unpaired) electrons. The van der Waals surface area contributed by atoms with E-state index in [1.807, 2.05) is 6.92 Å². The molecule has 65 valence electrons. The van der Waals surface area contributed by atoms with Gasteiger partial charge in [-0.2, -0.15) is 4.37 Å². The first-order valence-corrected chi connectivity index (χ1v) is 5.00. The molecule has 2 heterocycles. The summed E-state index contributed by atoms with van der Waals surface area (Å²) in [5.74, 6) is 0.893. The van der Waals surface area contributed by atoms with Crippen LogP contribution in [0.15, 0.2) is 0 Å². The van der Waals surface area contributed by atoms with Crippen molar-refractivity contribution in [1.29, 1.82) is 0 Å². The Morgan fingerprint density at radius 1 is 1.42 bits per heavy atom. The monoisotopic (exact) mass is 182 g/mol. The summed E-state index contributed by atoms with van der Waals surface area (Å²) >= 11 is 1.51. The fourth-order valence-corrected chi connectivity index (χ4v) is 2.08. The summed E-state index contributed by atoms with van der Waals surface area (Å²) < 4.78 is 4.17. The highest BCUT2D eigenvalue weighted by Gasteiger charge is 2.13. The highest BCUT2D eigenvalue weighted by atomic mass is 32.1. The normalized spacial score (nSPS) is 18.2. The fraction of sp³-hybridized carbons (Fsp3) is 0.625. The topological polar surface area (TPSA) is 29.0 Å². The van der Waals surface area contributed by atoms with Gasteiger partial charge in [0.1, 0.15) is 5.82 Å². The van der Waals surface area contributed by atoms with Gasteiger partial charge in [0.2, 0.25) is 5.13 Å². The highest BCUT2D eigenvalue weighted by molar-refractivity contribution is 7.09. The maximum atomic E-state index is 4.35. The van der Waals surface area contributed by atoms with Crippen molar-refractivity contribution >= 4 is 16.7 Å². The minimum atomic E-state index is 0.893. The largest absolute Gasteiger partial charge is 0.347 e. The van der Waals surface area contributed by atoms with Gasteiger partial charge in [-0.3, -0.25) is 0 Å². The third-order valence-corrected chi connectivity index (χ3v) is 2.86. The first-order valence-electron chi connectivity index (χ1n) is 4.23. The minimum absolute atomic E-state index is 0.893. The molecule has 0 unspecified atom stereocenters. The van der Waals surface area contributed by atoms with Crippen molar-refractivity contribution in [1.82, 2.24) is 9.36 Å². The number of aryl methyl sites for hydroxylation is 1. The summed E-state index contributed by atoms with van der Waals surface area (Å²) in [5.41, 5.74) is 0. The second-order valence-corrected chi connectivity index (χ2v) is 3.71. The Morgan fingerprint density at radius 3 is 2.75 bits per heavy atom. The maximum Gasteiger partial charge on any atom is 0.205 e. The van der Waals surface area contributed by atoms with Crippen molar-refractivity contribution in [3.63, 3.8) is 0 Å². The standard InChI is InChI=1S/C8H12N3S/c1-7-9-8(12-10-7)11-5-3-2-4-6-11/h2H,3-6H2,1H3. The number of hydrogen-bond acceptors (Lipinski definition) is 4. The number of piperidine rings is 1. The van der Waals surface area contributed by atoms with Crippen LogP contribution in [-0.4, -0.2) is 22.4 Å². The molecule has 0 N–H and O–H groups in total. The number of nitrogens with zero attached hydrogens (tertiary/aromatic N) is 3. The summed E-state index contributed by atoms with van der Waals surface area (Å²) in [4.78, 5) is 6.66. The quantitative estimate of drug-likeness (QED) is 0.661. The van der Waals surface area contributed by atoms with Crippen molar-refractivity contribution in [2.75, 3.05) is 18.0 Å². The lowest BCUT2D eigenvalue weighted by Gasteiger charge is -2.25. The molecule has 0 spiro atoms. The van der Waals surface area contributed by atoms with Crippen molar-refractivity contribution in [3.05, 3.63) is 12.2 Å². The summed E-state index contributed by atoms with van der Waals surface area (Å²) in [5, 5.41) is 1.08. The lowest BCUT2D eigenvalue weighted by atomic mass is 10.1. The second-order valence-electron chi connectivity index (χ2n) is 2.98. The van der Waals surface area contributed by atoms with E-state index < -0.39 is 0 Å². The van der Waals surface area contributed by atoms with E-state index in [0.29, 0.717) is 0 Å². The predicted molar refractivity (Wildman–Crippen MR) is 50.4 cm³/mol. The van der Waals surface area contributed by atoms with E-state index in [1.165, 1.54) is 24.4 Å². The molecule has 1 fully saturated rings. The Hall–Kier alpha value is -0.640. The van der Waals surface area contributed by atoms with Gasteiger partial charge in [0.25, 0.3) is 0 Å². The summed E-state index contributed by atoms with van der Waals surface area (Å²) in [6, 6.07) is 0. The number of rotatable bonds is 1. The third-order valence-electron chi connectivity index (χ3n) is 1.99. The van der Waals surface area contributed by atoms with Gasteiger partial charge in [0.05, 0.1) is 0 Å². The van der Waals surface area contributed by atoms with Crippen LogP contribution in [0.2, 0.25) is 0 Å². The molecule has 1 aromatic rings. The van der Waals surface area contributed by atoms with Gasteiger partial charge in [0.15, 0.2) is 0 Å². The van der Waals surface area contributed by atoms with E-state index in [0.717, 1.165) is 24.0 Å². The van der Waals surface area contributed by atoms with E-state index in [9.17, 15) is 0 Å². The van der Waals surface area contributed by atoms with Crippen LogP contribution < -0.4 is 4.90 Å². The first-order chi connectivity index (χ1) is 5.86. The molecule has 3 nitrogen and oxygen atoms in total. The second kappa shape index (κ2) is 3.39. The van der Waals surface area contributed by atoms with Crippen LogP contribution in [0.4, 0.5) is 5.13 Å². The molecule has 2 rings (SSSR count). The van der Waals surface area contributed by atoms with Gasteiger partial charge >= 0.3 is 0 Å². The van der Waals surface area contributed by atoms with Gasteiger partial charge in [-0.15, -0.1) is 0 Å². The molecule has 1 aliphatic rings. The zero-order valence-corrected chi connectivity index (χ0v) is 7.97. The molecular weight excluding hydrogens is 170 g/mol. The van der Waals surface area contributed by atoms with Gasteiger partial charge in [0, 0.05) is 24.6 Å². The van der Waals surface area contributed by atoms with E-state index in [-0.39, 0.29) is 0 Å². The Morgan fingerprint density at radius 2 is 2.17 bits per heavy atom. The maximum absolute atomic E-state index is 4.35. The summed E-state index contributed by atoms with van der Waals surface area (Å²) in [6.45, 7) is 4.15. The average Bonchev–Trinajstić information content (AvgIpc) is 2.54. The molecule has 0 atom stereocenters. The molecule has 0 aliphatic carbocycles. The molecule has 0 amide bonds. The predicted octanol–water partition coefficient (Wildman–Crippen LogP) is 1.65. The van der Waals surface area contributed by atoms with Crippen LogP contribution in [-0.2, 0) is 0 Å². The summed E-state index contributed by atoms with van der Waals surface area (Å²) in [6.07, 6.45) is 4.70. The number of hydrogen-bond donors (Lipinski definition) is 0. The van der Waals surface area contributed by atoms with Crippen LogP contribution in [0.25, 0.3) is 0 Å². The SMILES string of the molecule is Cc1nsc(N2CC[CH]CC2)n1. The highest BCUT2D eigenvalue weighted by Crippen LogP contribution is 2.20. The molecule has 0 aromatic carbocycles. The Balaban J connectivity index is 2.08. The van der Waals surface area contributed by atoms with Gasteiger partial charge in [-0.1, -0.05) is 0 Å². The molecule has 1 aliphatic heterocycles. The van der Waals surface area contributed by atoms with Crippen molar-refractivity contribution < 1.29 is 0 Å². The van der Waals surface area contributed by atoms with Crippen LogP contribution in [0.1, 0.15) is 18.7 Å². The van der Waals surface area contributed by atoms with Crippen LogP contribution in [0.3, 0.4) is 0 Å². The molecule has 0 saturated carbocycles. The minimum Gasteiger partial charge on any atom is -0.347 e. The molecule has 12 heavy (non-hydrogen) atoms. The van der Waals surface area contributed by atoms with E-state index in [1.54, 1.807) is 0 Å². The van der Waals surface area contributed by atoms with Crippen molar-refractivity contribution in [2.45, 2.75) is 19.8 Å². The lowest BCUT2D eigenvalue weighted by Crippen LogP contribution is -2.29.